The van der Waals surface area contributed by atoms with E-state index in [1.54, 1.807) is 25.1 Å². The summed E-state index contributed by atoms with van der Waals surface area (Å²) in [6.07, 6.45) is 5.32. The minimum Gasteiger partial charge on any atom is -0.462 e. The monoisotopic (exact) mass is 426 g/mol. The van der Waals surface area contributed by atoms with Crippen LogP contribution in [0.2, 0.25) is 0 Å². The Morgan fingerprint density at radius 3 is 2.42 bits per heavy atom. The lowest BCUT2D eigenvalue weighted by Gasteiger charge is -2.25. The van der Waals surface area contributed by atoms with Gasteiger partial charge in [-0.05, 0) is 55.7 Å². The van der Waals surface area contributed by atoms with Crippen LogP contribution >= 0.6 is 0 Å². The molecule has 2 N–H and O–H groups in total. The maximum absolute atomic E-state index is 12.2. The highest BCUT2D eigenvalue weighted by molar-refractivity contribution is 5.92. The molecule has 1 aliphatic rings. The van der Waals surface area contributed by atoms with Crippen molar-refractivity contribution in [3.05, 3.63) is 53.6 Å². The zero-order valence-corrected chi connectivity index (χ0v) is 18.1. The van der Waals surface area contributed by atoms with Gasteiger partial charge in [-0.1, -0.05) is 31.4 Å². The van der Waals surface area contributed by atoms with Crippen LogP contribution in [-0.4, -0.2) is 31.9 Å². The lowest BCUT2D eigenvalue weighted by atomic mass is 9.95. The first kappa shape index (κ1) is 22.5. The molecule has 31 heavy (non-hydrogen) atoms. The van der Waals surface area contributed by atoms with Gasteiger partial charge in [0.05, 0.1) is 30.7 Å². The molecule has 0 radical (unpaired) electrons. The van der Waals surface area contributed by atoms with Gasteiger partial charge in [-0.2, -0.15) is 0 Å². The Labute approximate surface area is 183 Å². The second kappa shape index (κ2) is 11.2. The van der Waals surface area contributed by atoms with Crippen molar-refractivity contribution in [2.75, 3.05) is 24.4 Å². The van der Waals surface area contributed by atoms with Crippen molar-refractivity contribution in [2.24, 2.45) is 0 Å². The van der Waals surface area contributed by atoms with Crippen LogP contribution in [0.15, 0.2) is 42.5 Å². The van der Waals surface area contributed by atoms with Crippen molar-refractivity contribution in [3.63, 3.8) is 0 Å². The first-order chi connectivity index (χ1) is 15.1. The number of methoxy groups -OCH3 is 1. The topological polar surface area (TPSA) is 85.9 Å². The van der Waals surface area contributed by atoms with Crippen LogP contribution in [0, 0.1) is 0 Å². The number of rotatable bonds is 8. The summed E-state index contributed by atoms with van der Waals surface area (Å²) < 4.78 is 14.7. The molecule has 2 aromatic carbocycles. The zero-order chi connectivity index (χ0) is 22.1. The second-order valence-corrected chi connectivity index (χ2v) is 7.51. The van der Waals surface area contributed by atoms with Crippen molar-refractivity contribution < 1.29 is 23.8 Å². The lowest BCUT2D eigenvalue weighted by Crippen LogP contribution is -2.23. The number of benzene rings is 2. The minimum absolute atomic E-state index is 0.334. The van der Waals surface area contributed by atoms with E-state index in [0.717, 1.165) is 29.8 Å². The molecule has 2 aromatic rings. The number of carbonyl (C=O) groups excluding carboxylic acids is 2. The van der Waals surface area contributed by atoms with Gasteiger partial charge in [0.1, 0.15) is 5.75 Å². The molecule has 0 heterocycles. The molecule has 7 nitrogen and oxygen atoms in total. The SMILES string of the molecule is CCOC(=O)c1ccc(NC2CCCCC2)c(NCc2ccc(OC(=O)OC)cc2)c1. The second-order valence-electron chi connectivity index (χ2n) is 7.51. The van der Waals surface area contributed by atoms with Crippen LogP contribution in [0.5, 0.6) is 5.75 Å². The van der Waals surface area contributed by atoms with Gasteiger partial charge >= 0.3 is 12.1 Å². The van der Waals surface area contributed by atoms with Crippen molar-refractivity contribution in [1.29, 1.82) is 0 Å². The molecule has 0 amide bonds. The Kier molecular flexibility index (Phi) is 8.15. The molecular formula is C24H30N2O5. The summed E-state index contributed by atoms with van der Waals surface area (Å²) >= 11 is 0. The van der Waals surface area contributed by atoms with Gasteiger partial charge in [0.25, 0.3) is 0 Å². The van der Waals surface area contributed by atoms with Crippen LogP contribution in [-0.2, 0) is 16.0 Å². The molecule has 166 valence electrons. The van der Waals surface area contributed by atoms with Gasteiger partial charge in [-0.3, -0.25) is 0 Å². The van der Waals surface area contributed by atoms with Gasteiger partial charge in [-0.15, -0.1) is 0 Å². The standard InChI is InChI=1S/C24H30N2O5/c1-3-30-23(27)18-11-14-21(26-19-7-5-4-6-8-19)22(15-18)25-16-17-9-12-20(13-10-17)31-24(28)29-2/h9-15,19,25-26H,3-8,16H2,1-2H3. The number of ether oxygens (including phenoxy) is 3. The fraction of sp³-hybridized carbons (Fsp3) is 0.417. The molecule has 1 saturated carbocycles. The van der Waals surface area contributed by atoms with Gasteiger partial charge in [0, 0.05) is 12.6 Å². The minimum atomic E-state index is -0.750. The molecule has 0 unspecified atom stereocenters. The van der Waals surface area contributed by atoms with E-state index in [9.17, 15) is 9.59 Å². The van der Waals surface area contributed by atoms with Gasteiger partial charge in [-0.25, -0.2) is 9.59 Å². The third kappa shape index (κ3) is 6.64. The molecular weight excluding hydrogens is 396 g/mol. The Morgan fingerprint density at radius 1 is 1.00 bits per heavy atom. The van der Waals surface area contributed by atoms with Gasteiger partial charge in [0.15, 0.2) is 0 Å². The first-order valence-corrected chi connectivity index (χ1v) is 10.8. The van der Waals surface area contributed by atoms with E-state index in [0.29, 0.717) is 30.5 Å². The van der Waals surface area contributed by atoms with Crippen molar-refractivity contribution in [2.45, 2.75) is 51.6 Å². The largest absolute Gasteiger partial charge is 0.513 e. The lowest BCUT2D eigenvalue weighted by molar-refractivity contribution is 0.0526. The summed E-state index contributed by atoms with van der Waals surface area (Å²) in [5.74, 6) is 0.0821. The Morgan fingerprint density at radius 2 is 1.74 bits per heavy atom. The van der Waals surface area contributed by atoms with Crippen LogP contribution in [0.3, 0.4) is 0 Å². The summed E-state index contributed by atoms with van der Waals surface area (Å²) in [6, 6.07) is 13.2. The van der Waals surface area contributed by atoms with E-state index in [4.69, 9.17) is 9.47 Å². The van der Waals surface area contributed by atoms with E-state index in [-0.39, 0.29) is 5.97 Å². The summed E-state index contributed by atoms with van der Waals surface area (Å²) in [4.78, 5) is 23.4. The number of hydrogen-bond donors (Lipinski definition) is 2. The Balaban J connectivity index is 1.72. The predicted octanol–water partition coefficient (Wildman–Crippen LogP) is 5.37. The van der Waals surface area contributed by atoms with E-state index in [1.807, 2.05) is 24.3 Å². The molecule has 1 aliphatic carbocycles. The predicted molar refractivity (Wildman–Crippen MR) is 120 cm³/mol. The number of anilines is 2. The van der Waals surface area contributed by atoms with E-state index in [1.165, 1.54) is 26.4 Å². The summed E-state index contributed by atoms with van der Waals surface area (Å²) in [5.41, 5.74) is 3.35. The summed E-state index contributed by atoms with van der Waals surface area (Å²) in [6.45, 7) is 2.68. The molecule has 3 rings (SSSR count). The fourth-order valence-corrected chi connectivity index (χ4v) is 3.64. The van der Waals surface area contributed by atoms with E-state index < -0.39 is 6.16 Å². The normalized spacial score (nSPS) is 13.9. The molecule has 0 atom stereocenters. The molecule has 1 fully saturated rings. The fourth-order valence-electron chi connectivity index (χ4n) is 3.64. The highest BCUT2D eigenvalue weighted by atomic mass is 16.7. The van der Waals surface area contributed by atoms with Crippen molar-refractivity contribution >= 4 is 23.5 Å². The highest BCUT2D eigenvalue weighted by Gasteiger charge is 2.16. The quantitative estimate of drug-likeness (QED) is 0.434. The average molecular weight is 427 g/mol. The van der Waals surface area contributed by atoms with Gasteiger partial charge in [0.2, 0.25) is 0 Å². The smallest absolute Gasteiger partial charge is 0.462 e. The molecule has 0 spiro atoms. The number of esters is 1. The van der Waals surface area contributed by atoms with Crippen LogP contribution in [0.4, 0.5) is 16.2 Å². The number of nitrogens with one attached hydrogen (secondary N) is 2. The third-order valence-electron chi connectivity index (χ3n) is 5.27. The van der Waals surface area contributed by atoms with Crippen LogP contribution in [0.25, 0.3) is 0 Å². The first-order valence-electron chi connectivity index (χ1n) is 10.8. The zero-order valence-electron chi connectivity index (χ0n) is 18.1. The summed E-state index contributed by atoms with van der Waals surface area (Å²) in [7, 11) is 1.27. The number of hydrogen-bond acceptors (Lipinski definition) is 7. The molecule has 0 bridgehead atoms. The van der Waals surface area contributed by atoms with E-state index in [2.05, 4.69) is 15.4 Å². The third-order valence-corrected chi connectivity index (χ3v) is 5.27. The van der Waals surface area contributed by atoms with Gasteiger partial charge < -0.3 is 24.8 Å². The molecule has 0 aliphatic heterocycles. The van der Waals surface area contributed by atoms with Crippen molar-refractivity contribution in [3.8, 4) is 5.75 Å². The molecule has 0 saturated heterocycles. The Bertz CT molecular complexity index is 876. The molecule has 7 heteroatoms. The Hall–Kier alpha value is -3.22. The maximum Gasteiger partial charge on any atom is 0.513 e. The van der Waals surface area contributed by atoms with Crippen LogP contribution < -0.4 is 15.4 Å². The average Bonchev–Trinajstić information content (AvgIpc) is 2.80. The van der Waals surface area contributed by atoms with Crippen LogP contribution in [0.1, 0.15) is 54.9 Å². The molecule has 0 aromatic heterocycles. The summed E-state index contributed by atoms with van der Waals surface area (Å²) in [5, 5.41) is 7.06. The highest BCUT2D eigenvalue weighted by Crippen LogP contribution is 2.29. The van der Waals surface area contributed by atoms with E-state index >= 15 is 0 Å². The van der Waals surface area contributed by atoms with Crippen molar-refractivity contribution in [1.82, 2.24) is 0 Å². The number of carbonyl (C=O) groups is 2. The maximum atomic E-state index is 12.2.